The first-order valence-electron chi connectivity index (χ1n) is 23.8. The zero-order chi connectivity index (χ0) is 47.1. The smallest absolute Gasteiger partial charge is 0.306 e. The maximum Gasteiger partial charge on any atom is 0.306 e. The van der Waals surface area contributed by atoms with Gasteiger partial charge in [0.2, 0.25) is 11.6 Å². The van der Waals surface area contributed by atoms with Gasteiger partial charge in [-0.15, -0.1) is 0 Å². The van der Waals surface area contributed by atoms with Gasteiger partial charge in [-0.3, -0.25) is 9.59 Å². The minimum Gasteiger partial charge on any atom is -0.461 e. The lowest BCUT2D eigenvalue weighted by molar-refractivity contribution is -0.433. The standard InChI is InChI=1S/C57H62N6O4/c1-8-62-47-22-12-10-19-42(47)55(3,4)49(62)32-24-37-16-14-17-38(25-33-50-56(5,6)43-20-11-13-23-48(43)63(50)9-2)54(37)67-40-28-26-39(27-29-40)59-51(64)34-35-52(65)66-36-57(7)60-45-21-15-18-41-44(58)30-31-46(61-57)53(41)45/h10-13,15,18-33,60-61H,8-9,14,16-17,34-36,58H2,1-7H3/p+1. The van der Waals surface area contributed by atoms with Gasteiger partial charge in [-0.1, -0.05) is 68.5 Å². The summed E-state index contributed by atoms with van der Waals surface area (Å²) < 4.78 is 15.0. The predicted molar refractivity (Wildman–Crippen MR) is 274 cm³/mol. The highest BCUT2D eigenvalue weighted by Gasteiger charge is 2.44. The normalized spacial score (nSPS) is 20.3. The van der Waals surface area contributed by atoms with Crippen molar-refractivity contribution in [1.82, 2.24) is 0 Å². The van der Waals surface area contributed by atoms with Crippen molar-refractivity contribution in [2.45, 2.75) is 97.1 Å². The number of hydrogen-bond acceptors (Lipinski definition) is 8. The van der Waals surface area contributed by atoms with E-state index in [1.54, 1.807) is 0 Å². The third-order valence-electron chi connectivity index (χ3n) is 13.9. The number of ether oxygens (including phenoxy) is 2. The highest BCUT2D eigenvalue weighted by molar-refractivity contribution is 6.10. The van der Waals surface area contributed by atoms with E-state index < -0.39 is 11.6 Å². The summed E-state index contributed by atoms with van der Waals surface area (Å²) in [7, 11) is 0. The lowest BCUT2D eigenvalue weighted by atomic mass is 9.81. The number of likely N-dealkylation sites (N-methyl/N-ethyl adjacent to an activating group) is 1. The number of allylic oxidation sites excluding steroid dienone is 7. The Kier molecular flexibility index (Phi) is 12.1. The number of carbonyl (C=O) groups excluding carboxylic acids is 2. The number of para-hydroxylation sites is 2. The molecule has 67 heavy (non-hydrogen) atoms. The molecule has 0 fully saturated rings. The molecule has 10 heteroatoms. The summed E-state index contributed by atoms with van der Waals surface area (Å²) in [5.41, 5.74) is 18.3. The Morgan fingerprint density at radius 2 is 1.52 bits per heavy atom. The summed E-state index contributed by atoms with van der Waals surface area (Å²) in [5.74, 6) is 0.795. The summed E-state index contributed by atoms with van der Waals surface area (Å²) in [4.78, 5) is 28.4. The van der Waals surface area contributed by atoms with Crippen molar-refractivity contribution in [3.8, 4) is 5.75 Å². The molecule has 4 aliphatic rings. The van der Waals surface area contributed by atoms with Crippen LogP contribution in [0.1, 0.15) is 91.7 Å². The molecular formula is C57H63N6O4+. The predicted octanol–water partition coefficient (Wildman–Crippen LogP) is 12.0. The van der Waals surface area contributed by atoms with Crippen LogP contribution in [0.4, 0.5) is 34.1 Å². The van der Waals surface area contributed by atoms with Gasteiger partial charge in [0.1, 0.15) is 30.3 Å². The topological polar surface area (TPSA) is 121 Å². The number of amides is 1. The Bertz CT molecular complexity index is 2920. The van der Waals surface area contributed by atoms with Gasteiger partial charge in [-0.2, -0.15) is 4.58 Å². The summed E-state index contributed by atoms with van der Waals surface area (Å²) in [5, 5.41) is 11.8. The first kappa shape index (κ1) is 45.1. The Hall–Kier alpha value is -7.07. The number of esters is 1. The number of nitrogens with zero attached hydrogens (tertiary/aromatic N) is 2. The van der Waals surface area contributed by atoms with Crippen LogP contribution in [0.3, 0.4) is 0 Å². The van der Waals surface area contributed by atoms with Crippen LogP contribution in [0, 0.1) is 0 Å². The highest BCUT2D eigenvalue weighted by Crippen LogP contribution is 2.48. The van der Waals surface area contributed by atoms with E-state index in [0.717, 1.165) is 71.4 Å². The molecule has 1 atom stereocenters. The van der Waals surface area contributed by atoms with Crippen LogP contribution in [0.15, 0.2) is 150 Å². The number of hydrogen-bond donors (Lipinski definition) is 4. The van der Waals surface area contributed by atoms with Gasteiger partial charge in [-0.05, 0) is 131 Å². The van der Waals surface area contributed by atoms with E-state index in [1.807, 2.05) is 61.5 Å². The average Bonchev–Trinajstić information content (AvgIpc) is 3.68. The fourth-order valence-corrected chi connectivity index (χ4v) is 10.5. The van der Waals surface area contributed by atoms with E-state index >= 15 is 0 Å². The van der Waals surface area contributed by atoms with Gasteiger partial charge in [0, 0.05) is 81.0 Å². The Balaban J connectivity index is 0.903. The number of nitrogens with one attached hydrogen (secondary N) is 3. The number of carbonyl (C=O) groups is 2. The van der Waals surface area contributed by atoms with E-state index in [4.69, 9.17) is 15.2 Å². The van der Waals surface area contributed by atoms with Gasteiger partial charge >= 0.3 is 5.97 Å². The number of rotatable bonds is 13. The maximum atomic E-state index is 13.1. The molecule has 0 saturated carbocycles. The molecule has 1 aliphatic carbocycles. The zero-order valence-corrected chi connectivity index (χ0v) is 39.9. The number of fused-ring (bicyclic) bond motifs is 2. The molecule has 5 aromatic carbocycles. The SMILES string of the molecule is CCN1/C(=C/C=C2\CCCC(/C=C/C3=[N+](CC)c4ccccc4C3(C)C)=C2Oc2ccc(NC(=O)CCC(=O)OCC3(C)Nc4cccc5c(N)ccc(c45)N3)cc2)C(C)(C)c2ccccc21. The zero-order valence-electron chi connectivity index (χ0n) is 39.9. The van der Waals surface area contributed by atoms with Crippen LogP contribution < -0.4 is 31.3 Å². The molecule has 0 aromatic heterocycles. The molecule has 3 aliphatic heterocycles. The van der Waals surface area contributed by atoms with Gasteiger partial charge in [0.25, 0.3) is 0 Å². The fraction of sp³-hybridized carbons (Fsp3) is 0.316. The number of anilines is 5. The second kappa shape index (κ2) is 18.0. The third kappa shape index (κ3) is 8.61. The molecule has 0 spiro atoms. The highest BCUT2D eigenvalue weighted by atomic mass is 16.5. The Morgan fingerprint density at radius 3 is 2.28 bits per heavy atom. The molecule has 0 saturated heterocycles. The number of benzene rings is 5. The lowest BCUT2D eigenvalue weighted by Gasteiger charge is -2.38. The fourth-order valence-electron chi connectivity index (χ4n) is 10.5. The molecular weight excluding hydrogens is 833 g/mol. The third-order valence-corrected chi connectivity index (χ3v) is 13.9. The van der Waals surface area contributed by atoms with E-state index in [-0.39, 0.29) is 36.2 Å². The van der Waals surface area contributed by atoms with Crippen molar-refractivity contribution in [2.75, 3.05) is 46.3 Å². The van der Waals surface area contributed by atoms with E-state index in [0.29, 0.717) is 17.1 Å². The van der Waals surface area contributed by atoms with Gasteiger partial charge in [0.05, 0.1) is 11.8 Å². The summed E-state index contributed by atoms with van der Waals surface area (Å²) in [6.45, 7) is 17.4. The molecule has 344 valence electrons. The maximum absolute atomic E-state index is 13.1. The van der Waals surface area contributed by atoms with Gasteiger partial charge < -0.3 is 36.1 Å². The first-order valence-corrected chi connectivity index (χ1v) is 23.8. The van der Waals surface area contributed by atoms with Crippen molar-refractivity contribution < 1.29 is 23.6 Å². The minimum absolute atomic E-state index is 0.0178. The van der Waals surface area contributed by atoms with Crippen molar-refractivity contribution in [1.29, 1.82) is 0 Å². The van der Waals surface area contributed by atoms with Gasteiger partial charge in [-0.25, -0.2) is 0 Å². The monoisotopic (exact) mass is 895 g/mol. The van der Waals surface area contributed by atoms with Crippen LogP contribution >= 0.6 is 0 Å². The molecule has 9 rings (SSSR count). The van der Waals surface area contributed by atoms with Crippen LogP contribution in [0.5, 0.6) is 5.75 Å². The average molecular weight is 896 g/mol. The van der Waals surface area contributed by atoms with Crippen LogP contribution in [0.2, 0.25) is 0 Å². The lowest BCUT2D eigenvalue weighted by Crippen LogP contribution is -2.49. The van der Waals surface area contributed by atoms with Gasteiger partial charge in [0.15, 0.2) is 5.71 Å². The van der Waals surface area contributed by atoms with Crippen molar-refractivity contribution >= 4 is 62.5 Å². The van der Waals surface area contributed by atoms with Crippen molar-refractivity contribution in [2.24, 2.45) is 0 Å². The number of nitrogen functional groups attached to an aromatic ring is 1. The van der Waals surface area contributed by atoms with Crippen LogP contribution in [-0.4, -0.2) is 47.5 Å². The summed E-state index contributed by atoms with van der Waals surface area (Å²) in [6.07, 6.45) is 11.8. The van der Waals surface area contributed by atoms with Crippen LogP contribution in [-0.2, 0) is 25.2 Å². The second-order valence-electron chi connectivity index (χ2n) is 19.3. The van der Waals surface area contributed by atoms with E-state index in [1.165, 1.54) is 33.9 Å². The van der Waals surface area contributed by atoms with E-state index in [2.05, 4.69) is 140 Å². The molecule has 1 unspecified atom stereocenters. The molecule has 10 nitrogen and oxygen atoms in total. The van der Waals surface area contributed by atoms with Crippen molar-refractivity contribution in [3.63, 3.8) is 0 Å². The molecule has 3 heterocycles. The quantitative estimate of drug-likeness (QED) is 0.0524. The summed E-state index contributed by atoms with van der Waals surface area (Å²) in [6, 6.07) is 34.6. The largest absolute Gasteiger partial charge is 0.461 e. The molecule has 0 radical (unpaired) electrons. The Morgan fingerprint density at radius 1 is 0.791 bits per heavy atom. The van der Waals surface area contributed by atoms with E-state index in [9.17, 15) is 9.59 Å². The summed E-state index contributed by atoms with van der Waals surface area (Å²) >= 11 is 0. The van der Waals surface area contributed by atoms with Crippen molar-refractivity contribution in [3.05, 3.63) is 161 Å². The molecule has 1 amide bonds. The molecule has 5 N–H and O–H groups in total. The molecule has 5 aromatic rings. The van der Waals surface area contributed by atoms with Crippen LogP contribution in [0.25, 0.3) is 10.8 Å². The Labute approximate surface area is 394 Å². The first-order chi connectivity index (χ1) is 32.2. The minimum atomic E-state index is -0.748. The molecule has 0 bridgehead atoms. The second-order valence-corrected chi connectivity index (χ2v) is 19.3. The number of nitrogens with two attached hydrogens (primary N) is 1.